The number of ether oxygens (including phenoxy) is 1. The Labute approximate surface area is 134 Å². The molecule has 2 rings (SSSR count). The minimum atomic E-state index is -3.43. The predicted octanol–water partition coefficient (Wildman–Crippen LogP) is 2.70. The standard InChI is InChI=1S/C17H16O5S/c1-22-16-11-13(7-9-17(16)23(2,20)21)15(19)8-6-12-4-3-5-14(18)10-12/h3-11,18H,1-2H3/b8-6-. The van der Waals surface area contributed by atoms with Crippen LogP contribution in [0.1, 0.15) is 15.9 Å². The first kappa shape index (κ1) is 16.8. The number of ketones is 1. The maximum atomic E-state index is 12.2. The van der Waals surface area contributed by atoms with E-state index in [0.29, 0.717) is 11.1 Å². The summed E-state index contributed by atoms with van der Waals surface area (Å²) in [5.41, 5.74) is 0.990. The first-order chi connectivity index (χ1) is 10.8. The molecule has 0 aliphatic rings. The molecular weight excluding hydrogens is 316 g/mol. The van der Waals surface area contributed by atoms with Gasteiger partial charge in [-0.3, -0.25) is 4.79 Å². The molecule has 0 saturated carbocycles. The highest BCUT2D eigenvalue weighted by atomic mass is 32.2. The second-order valence-corrected chi connectivity index (χ2v) is 6.91. The topological polar surface area (TPSA) is 80.7 Å². The van der Waals surface area contributed by atoms with Crippen molar-refractivity contribution in [3.63, 3.8) is 0 Å². The highest BCUT2D eigenvalue weighted by Crippen LogP contribution is 2.25. The largest absolute Gasteiger partial charge is 0.508 e. The van der Waals surface area contributed by atoms with E-state index < -0.39 is 9.84 Å². The van der Waals surface area contributed by atoms with Crippen LogP contribution in [0.5, 0.6) is 11.5 Å². The summed E-state index contributed by atoms with van der Waals surface area (Å²) in [6.07, 6.45) is 4.00. The second kappa shape index (κ2) is 6.66. The number of phenolic OH excluding ortho intramolecular Hbond substituents is 1. The quantitative estimate of drug-likeness (QED) is 0.672. The molecule has 0 amide bonds. The van der Waals surface area contributed by atoms with Crippen LogP contribution in [-0.2, 0) is 9.84 Å². The van der Waals surface area contributed by atoms with E-state index in [1.54, 1.807) is 18.2 Å². The fraction of sp³-hybridized carbons (Fsp3) is 0.118. The number of methoxy groups -OCH3 is 1. The molecule has 0 atom stereocenters. The van der Waals surface area contributed by atoms with Gasteiger partial charge in [-0.25, -0.2) is 8.42 Å². The number of phenols is 1. The van der Waals surface area contributed by atoms with Gasteiger partial charge in [-0.15, -0.1) is 0 Å². The van der Waals surface area contributed by atoms with Gasteiger partial charge in [-0.2, -0.15) is 0 Å². The van der Waals surface area contributed by atoms with Gasteiger partial charge in [0.1, 0.15) is 16.4 Å². The third kappa shape index (κ3) is 4.20. The summed E-state index contributed by atoms with van der Waals surface area (Å²) in [4.78, 5) is 12.2. The maximum absolute atomic E-state index is 12.2. The van der Waals surface area contributed by atoms with E-state index >= 15 is 0 Å². The molecule has 0 heterocycles. The van der Waals surface area contributed by atoms with E-state index in [9.17, 15) is 18.3 Å². The van der Waals surface area contributed by atoms with Crippen molar-refractivity contribution in [2.24, 2.45) is 0 Å². The van der Waals surface area contributed by atoms with Crippen molar-refractivity contribution < 1.29 is 23.1 Å². The van der Waals surface area contributed by atoms with Gasteiger partial charge in [-0.05, 0) is 42.0 Å². The Morgan fingerprint density at radius 2 is 1.91 bits per heavy atom. The number of carbonyl (C=O) groups excluding carboxylic acids is 1. The van der Waals surface area contributed by atoms with Gasteiger partial charge in [0.05, 0.1) is 7.11 Å². The third-order valence-electron chi connectivity index (χ3n) is 3.14. The summed E-state index contributed by atoms with van der Waals surface area (Å²) in [7, 11) is -2.08. The zero-order valence-electron chi connectivity index (χ0n) is 12.7. The molecule has 120 valence electrons. The van der Waals surface area contributed by atoms with E-state index in [-0.39, 0.29) is 22.2 Å². The summed E-state index contributed by atoms with van der Waals surface area (Å²) < 4.78 is 28.3. The van der Waals surface area contributed by atoms with Crippen molar-refractivity contribution in [1.29, 1.82) is 0 Å². The number of allylic oxidation sites excluding steroid dienone is 1. The highest BCUT2D eigenvalue weighted by molar-refractivity contribution is 7.90. The Hall–Kier alpha value is -2.60. The van der Waals surface area contributed by atoms with Crippen molar-refractivity contribution >= 4 is 21.7 Å². The fourth-order valence-corrected chi connectivity index (χ4v) is 2.85. The van der Waals surface area contributed by atoms with Gasteiger partial charge >= 0.3 is 0 Å². The zero-order valence-corrected chi connectivity index (χ0v) is 13.5. The lowest BCUT2D eigenvalue weighted by Crippen LogP contribution is -2.03. The fourth-order valence-electron chi connectivity index (χ4n) is 2.02. The summed E-state index contributed by atoms with van der Waals surface area (Å²) >= 11 is 0. The van der Waals surface area contributed by atoms with Crippen LogP contribution in [0.3, 0.4) is 0 Å². The summed E-state index contributed by atoms with van der Waals surface area (Å²) in [5, 5.41) is 9.38. The summed E-state index contributed by atoms with van der Waals surface area (Å²) in [6.45, 7) is 0. The van der Waals surface area contributed by atoms with Crippen molar-refractivity contribution in [3.05, 3.63) is 59.7 Å². The average Bonchev–Trinajstić information content (AvgIpc) is 2.51. The van der Waals surface area contributed by atoms with Crippen LogP contribution in [0, 0.1) is 0 Å². The van der Waals surface area contributed by atoms with Crippen molar-refractivity contribution in [3.8, 4) is 11.5 Å². The van der Waals surface area contributed by atoms with Gasteiger partial charge < -0.3 is 9.84 Å². The van der Waals surface area contributed by atoms with E-state index in [4.69, 9.17) is 4.74 Å². The molecule has 0 aliphatic heterocycles. The van der Waals surface area contributed by atoms with Crippen LogP contribution >= 0.6 is 0 Å². The first-order valence-corrected chi connectivity index (χ1v) is 8.60. The minimum Gasteiger partial charge on any atom is -0.508 e. The molecule has 0 fully saturated rings. The number of benzene rings is 2. The summed E-state index contributed by atoms with van der Waals surface area (Å²) in [5.74, 6) is -0.0606. The zero-order chi connectivity index (χ0) is 17.0. The van der Waals surface area contributed by atoms with Crippen LogP contribution in [0.4, 0.5) is 0 Å². The Kier molecular flexibility index (Phi) is 4.86. The number of sulfone groups is 1. The van der Waals surface area contributed by atoms with E-state index in [2.05, 4.69) is 0 Å². The van der Waals surface area contributed by atoms with E-state index in [0.717, 1.165) is 6.26 Å². The molecule has 2 aromatic carbocycles. The van der Waals surface area contributed by atoms with Gasteiger partial charge in [0, 0.05) is 11.8 Å². The molecule has 0 aromatic heterocycles. The average molecular weight is 332 g/mol. The predicted molar refractivity (Wildman–Crippen MR) is 87.6 cm³/mol. The molecule has 2 aromatic rings. The van der Waals surface area contributed by atoms with Crippen LogP contribution in [-0.4, -0.2) is 32.7 Å². The highest BCUT2D eigenvalue weighted by Gasteiger charge is 2.16. The molecular formula is C17H16O5S. The van der Waals surface area contributed by atoms with Gasteiger partial charge in [0.15, 0.2) is 15.6 Å². The molecule has 1 N–H and O–H groups in total. The Morgan fingerprint density at radius 1 is 1.17 bits per heavy atom. The van der Waals surface area contributed by atoms with E-state index in [1.165, 1.54) is 43.5 Å². The minimum absolute atomic E-state index is 0.0357. The maximum Gasteiger partial charge on any atom is 0.185 e. The lowest BCUT2D eigenvalue weighted by molar-refractivity contribution is 0.104. The molecule has 0 unspecified atom stereocenters. The number of hydrogen-bond acceptors (Lipinski definition) is 5. The number of hydrogen-bond donors (Lipinski definition) is 1. The molecule has 6 heteroatoms. The first-order valence-electron chi connectivity index (χ1n) is 6.71. The van der Waals surface area contributed by atoms with Crippen molar-refractivity contribution in [1.82, 2.24) is 0 Å². The van der Waals surface area contributed by atoms with Gasteiger partial charge in [0.25, 0.3) is 0 Å². The van der Waals surface area contributed by atoms with Crippen molar-refractivity contribution in [2.75, 3.05) is 13.4 Å². The molecule has 0 saturated heterocycles. The van der Waals surface area contributed by atoms with Crippen LogP contribution in [0.15, 0.2) is 53.4 Å². The molecule has 0 spiro atoms. The molecule has 0 radical (unpaired) electrons. The molecule has 0 bridgehead atoms. The number of aromatic hydroxyl groups is 1. The number of carbonyl (C=O) groups is 1. The van der Waals surface area contributed by atoms with E-state index in [1.807, 2.05) is 0 Å². The Morgan fingerprint density at radius 3 is 2.52 bits per heavy atom. The second-order valence-electron chi connectivity index (χ2n) is 4.93. The SMILES string of the molecule is COc1cc(C(=O)/C=C\c2cccc(O)c2)ccc1S(C)(=O)=O. The number of rotatable bonds is 5. The van der Waals surface area contributed by atoms with Gasteiger partial charge in [-0.1, -0.05) is 18.2 Å². The Balaban J connectivity index is 2.30. The lowest BCUT2D eigenvalue weighted by Gasteiger charge is -2.08. The smallest absolute Gasteiger partial charge is 0.185 e. The molecule has 0 aliphatic carbocycles. The van der Waals surface area contributed by atoms with Gasteiger partial charge in [0.2, 0.25) is 0 Å². The molecule has 23 heavy (non-hydrogen) atoms. The van der Waals surface area contributed by atoms with Crippen LogP contribution < -0.4 is 4.74 Å². The third-order valence-corrected chi connectivity index (χ3v) is 4.28. The monoisotopic (exact) mass is 332 g/mol. The van der Waals surface area contributed by atoms with Crippen LogP contribution in [0.25, 0.3) is 6.08 Å². The Bertz CT molecular complexity index is 866. The van der Waals surface area contributed by atoms with Crippen LogP contribution in [0.2, 0.25) is 0 Å². The van der Waals surface area contributed by atoms with Crippen molar-refractivity contribution in [2.45, 2.75) is 4.90 Å². The lowest BCUT2D eigenvalue weighted by atomic mass is 10.1. The normalized spacial score (nSPS) is 11.6. The molecule has 5 nitrogen and oxygen atoms in total. The summed E-state index contributed by atoms with van der Waals surface area (Å²) in [6, 6.07) is 10.7.